The quantitative estimate of drug-likeness (QED) is 0.295. The molecule has 0 aromatic carbocycles. The molecule has 9 nitrogen and oxygen atoms in total. The maximum atomic E-state index is 12.5. The number of guanidine groups is 1. The van der Waals surface area contributed by atoms with Gasteiger partial charge in [-0.15, -0.1) is 24.0 Å². The highest BCUT2D eigenvalue weighted by Gasteiger charge is 2.24. The fourth-order valence-corrected chi connectivity index (χ4v) is 4.10. The van der Waals surface area contributed by atoms with Crippen molar-refractivity contribution in [2.75, 3.05) is 65.6 Å². The summed E-state index contributed by atoms with van der Waals surface area (Å²) < 4.78 is 10.9. The summed E-state index contributed by atoms with van der Waals surface area (Å²) in [6, 6.07) is 2.04. The molecule has 0 radical (unpaired) electrons. The van der Waals surface area contributed by atoms with Crippen molar-refractivity contribution in [1.82, 2.24) is 25.2 Å². The molecule has 10 heteroatoms. The first-order valence-corrected chi connectivity index (χ1v) is 11.7. The zero-order valence-electron chi connectivity index (χ0n) is 19.7. The second-order valence-electron chi connectivity index (χ2n) is 8.16. The van der Waals surface area contributed by atoms with Crippen molar-refractivity contribution in [3.63, 3.8) is 0 Å². The molecule has 0 bridgehead atoms. The molecular weight excluding hydrogens is 523 g/mol. The molecule has 32 heavy (non-hydrogen) atoms. The van der Waals surface area contributed by atoms with E-state index in [1.54, 1.807) is 0 Å². The van der Waals surface area contributed by atoms with Crippen LogP contribution in [0, 0.1) is 0 Å². The fraction of sp³-hybridized carbons (Fsp3) is 0.773. The Labute approximate surface area is 208 Å². The van der Waals surface area contributed by atoms with Crippen LogP contribution in [0.3, 0.4) is 0 Å². The van der Waals surface area contributed by atoms with Crippen LogP contribution in [0.4, 0.5) is 0 Å². The minimum atomic E-state index is 0. The Morgan fingerprint density at radius 3 is 2.41 bits per heavy atom. The fourth-order valence-electron chi connectivity index (χ4n) is 4.10. The van der Waals surface area contributed by atoms with Crippen LogP contribution in [0.5, 0.6) is 0 Å². The average molecular weight is 562 g/mol. The molecule has 2 aliphatic heterocycles. The molecule has 0 unspecified atom stereocenters. The lowest BCUT2D eigenvalue weighted by atomic mass is 9.99. The van der Waals surface area contributed by atoms with Crippen molar-refractivity contribution in [2.24, 2.45) is 4.99 Å². The Morgan fingerprint density at radius 1 is 1.09 bits per heavy atom. The van der Waals surface area contributed by atoms with E-state index in [0.29, 0.717) is 45.3 Å². The van der Waals surface area contributed by atoms with E-state index in [1.165, 1.54) is 0 Å². The zero-order chi connectivity index (χ0) is 22.1. The van der Waals surface area contributed by atoms with Crippen molar-refractivity contribution >= 4 is 35.8 Å². The highest BCUT2D eigenvalue weighted by Crippen LogP contribution is 2.22. The number of nitrogens with zero attached hydrogens (tertiary/aromatic N) is 5. The number of carbonyl (C=O) groups excluding carboxylic acids is 1. The Kier molecular flexibility index (Phi) is 11.7. The minimum Gasteiger partial charge on any atom is -0.378 e. The third-order valence-electron chi connectivity index (χ3n) is 6.10. The largest absolute Gasteiger partial charge is 0.378 e. The molecule has 3 heterocycles. The Balaban J connectivity index is 0.00000363. The summed E-state index contributed by atoms with van der Waals surface area (Å²) >= 11 is 0. The molecule has 3 rings (SSSR count). The van der Waals surface area contributed by atoms with Crippen molar-refractivity contribution in [1.29, 1.82) is 0 Å². The molecule has 0 aliphatic carbocycles. The van der Waals surface area contributed by atoms with Crippen LogP contribution in [0.2, 0.25) is 0 Å². The number of nitrogens with one attached hydrogen (secondary N) is 1. The van der Waals surface area contributed by atoms with Gasteiger partial charge in [-0.2, -0.15) is 0 Å². The Morgan fingerprint density at radius 2 is 1.78 bits per heavy atom. The van der Waals surface area contributed by atoms with Gasteiger partial charge in [0.05, 0.1) is 25.5 Å². The van der Waals surface area contributed by atoms with Crippen molar-refractivity contribution < 1.29 is 14.1 Å². The van der Waals surface area contributed by atoms with Gasteiger partial charge in [0.25, 0.3) is 0 Å². The van der Waals surface area contributed by atoms with E-state index in [2.05, 4.69) is 41.0 Å². The molecule has 0 spiro atoms. The molecule has 182 valence electrons. The van der Waals surface area contributed by atoms with E-state index >= 15 is 0 Å². The highest BCUT2D eigenvalue weighted by atomic mass is 127. The van der Waals surface area contributed by atoms with E-state index in [4.69, 9.17) is 14.3 Å². The first-order valence-electron chi connectivity index (χ1n) is 11.7. The van der Waals surface area contributed by atoms with E-state index < -0.39 is 0 Å². The lowest BCUT2D eigenvalue weighted by molar-refractivity contribution is -0.136. The summed E-state index contributed by atoms with van der Waals surface area (Å²) in [6.45, 7) is 14.3. The van der Waals surface area contributed by atoms with Gasteiger partial charge in [-0.1, -0.05) is 19.0 Å². The second kappa shape index (κ2) is 14.0. The van der Waals surface area contributed by atoms with E-state index in [0.717, 1.165) is 63.0 Å². The van der Waals surface area contributed by atoms with Crippen LogP contribution < -0.4 is 5.32 Å². The van der Waals surface area contributed by atoms with Crippen molar-refractivity contribution in [2.45, 2.75) is 46.1 Å². The smallest absolute Gasteiger partial charge is 0.236 e. The molecule has 0 atom stereocenters. The lowest BCUT2D eigenvalue weighted by Crippen LogP contribution is -2.54. The predicted molar refractivity (Wildman–Crippen MR) is 135 cm³/mol. The van der Waals surface area contributed by atoms with Gasteiger partial charge >= 0.3 is 0 Å². The monoisotopic (exact) mass is 562 g/mol. The maximum Gasteiger partial charge on any atom is 0.236 e. The number of halogens is 1. The third-order valence-corrected chi connectivity index (χ3v) is 6.10. The number of ether oxygens (including phenoxy) is 1. The van der Waals surface area contributed by atoms with Crippen LogP contribution in [-0.2, 0) is 16.1 Å². The molecule has 1 N–H and O–H groups in total. The van der Waals surface area contributed by atoms with E-state index in [-0.39, 0.29) is 29.9 Å². The molecule has 2 fully saturated rings. The number of piperazine rings is 1. The standard InChI is InChI=1S/C22H38N6O3.HI/c1-4-18(5-2)20-15-19(31-25-20)16-24-22(23-6-3)28-9-7-26(8-10-28)17-21(29)27-11-13-30-14-12-27;/h15,18H,4-14,16-17H2,1-3H3,(H,23,24);1H. The molecule has 0 saturated carbocycles. The number of amides is 1. The van der Waals surface area contributed by atoms with Gasteiger partial charge in [0.2, 0.25) is 5.91 Å². The van der Waals surface area contributed by atoms with Gasteiger partial charge in [0.15, 0.2) is 11.7 Å². The minimum absolute atomic E-state index is 0. The molecule has 2 aliphatic rings. The third kappa shape index (κ3) is 7.58. The van der Waals surface area contributed by atoms with Gasteiger partial charge in [-0.25, -0.2) is 4.99 Å². The van der Waals surface area contributed by atoms with Crippen LogP contribution >= 0.6 is 24.0 Å². The molecular formula is C22H39IN6O3. The summed E-state index contributed by atoms with van der Waals surface area (Å²) in [4.78, 5) is 23.7. The van der Waals surface area contributed by atoms with Gasteiger partial charge in [-0.05, 0) is 19.8 Å². The number of hydrogen-bond donors (Lipinski definition) is 1. The number of rotatable bonds is 8. The van der Waals surface area contributed by atoms with Crippen molar-refractivity contribution in [3.8, 4) is 0 Å². The summed E-state index contributed by atoms with van der Waals surface area (Å²) in [5.41, 5.74) is 1.03. The Hall–Kier alpha value is -1.40. The first kappa shape index (κ1) is 26.8. The lowest BCUT2D eigenvalue weighted by Gasteiger charge is -2.37. The van der Waals surface area contributed by atoms with Gasteiger partial charge in [0, 0.05) is 57.8 Å². The van der Waals surface area contributed by atoms with Crippen LogP contribution in [0.25, 0.3) is 0 Å². The number of aromatic nitrogens is 1. The summed E-state index contributed by atoms with van der Waals surface area (Å²) in [6.07, 6.45) is 2.12. The van der Waals surface area contributed by atoms with E-state index in [9.17, 15) is 4.79 Å². The predicted octanol–water partition coefficient (Wildman–Crippen LogP) is 2.14. The van der Waals surface area contributed by atoms with Gasteiger partial charge < -0.3 is 24.4 Å². The van der Waals surface area contributed by atoms with Crippen LogP contribution in [0.1, 0.15) is 51.0 Å². The van der Waals surface area contributed by atoms with E-state index in [1.807, 2.05) is 11.0 Å². The highest BCUT2D eigenvalue weighted by molar-refractivity contribution is 14.0. The first-order chi connectivity index (χ1) is 15.1. The molecule has 1 aromatic rings. The summed E-state index contributed by atoms with van der Waals surface area (Å²) in [5.74, 6) is 2.34. The summed E-state index contributed by atoms with van der Waals surface area (Å²) in [7, 11) is 0. The van der Waals surface area contributed by atoms with Crippen molar-refractivity contribution in [3.05, 3.63) is 17.5 Å². The number of aliphatic imine (C=N–C) groups is 1. The average Bonchev–Trinajstić information content (AvgIpc) is 3.27. The van der Waals surface area contributed by atoms with Crippen LogP contribution in [0.15, 0.2) is 15.6 Å². The number of morpholine rings is 1. The van der Waals surface area contributed by atoms with Gasteiger partial charge in [0.1, 0.15) is 6.54 Å². The van der Waals surface area contributed by atoms with Crippen LogP contribution in [-0.4, -0.2) is 97.3 Å². The maximum absolute atomic E-state index is 12.5. The number of carbonyl (C=O) groups is 1. The Bertz CT molecular complexity index is 710. The molecule has 1 aromatic heterocycles. The zero-order valence-corrected chi connectivity index (χ0v) is 22.0. The second-order valence-corrected chi connectivity index (χ2v) is 8.16. The SMILES string of the molecule is CCNC(=NCc1cc(C(CC)CC)no1)N1CCN(CC(=O)N2CCOCC2)CC1.I. The molecule has 2 saturated heterocycles. The molecule has 1 amide bonds. The topological polar surface area (TPSA) is 86.4 Å². The normalized spacial score (nSPS) is 18.1. The van der Waals surface area contributed by atoms with Gasteiger partial charge in [-0.3, -0.25) is 9.69 Å². The summed E-state index contributed by atoms with van der Waals surface area (Å²) in [5, 5.41) is 7.63. The number of hydrogen-bond acceptors (Lipinski definition) is 6.